The summed E-state index contributed by atoms with van der Waals surface area (Å²) < 4.78 is 10.9. The van der Waals surface area contributed by atoms with Gasteiger partial charge in [-0.25, -0.2) is 4.98 Å². The van der Waals surface area contributed by atoms with Crippen molar-refractivity contribution in [3.05, 3.63) is 75.7 Å². The van der Waals surface area contributed by atoms with E-state index in [2.05, 4.69) is 10.3 Å². The Balaban J connectivity index is 1.53. The number of rotatable bonds is 7. The molecule has 0 aliphatic heterocycles. The SMILES string of the molecule is COc1cccc(CNC(=O)c2ccc(OCc3csc(C)n3)cc2)c1. The minimum absolute atomic E-state index is 0.130. The van der Waals surface area contributed by atoms with Crippen LogP contribution in [0.1, 0.15) is 26.6 Å². The molecule has 26 heavy (non-hydrogen) atoms. The summed E-state index contributed by atoms with van der Waals surface area (Å²) in [5.41, 5.74) is 2.48. The number of ether oxygens (including phenoxy) is 2. The minimum Gasteiger partial charge on any atom is -0.497 e. The number of amides is 1. The van der Waals surface area contributed by atoms with Crippen molar-refractivity contribution in [1.82, 2.24) is 10.3 Å². The third-order valence-electron chi connectivity index (χ3n) is 3.76. The predicted octanol–water partition coefficient (Wildman–Crippen LogP) is 3.97. The molecule has 2 aromatic carbocycles. The number of methoxy groups -OCH3 is 1. The van der Waals surface area contributed by atoms with Crippen molar-refractivity contribution in [1.29, 1.82) is 0 Å². The summed E-state index contributed by atoms with van der Waals surface area (Å²) in [5.74, 6) is 1.35. The average Bonchev–Trinajstić information content (AvgIpc) is 3.10. The first kappa shape index (κ1) is 17.9. The fourth-order valence-electron chi connectivity index (χ4n) is 2.40. The highest BCUT2D eigenvalue weighted by Gasteiger charge is 2.07. The highest BCUT2D eigenvalue weighted by atomic mass is 32.1. The van der Waals surface area contributed by atoms with Crippen LogP contribution in [0.2, 0.25) is 0 Å². The first-order chi connectivity index (χ1) is 12.6. The molecule has 6 heteroatoms. The average molecular weight is 368 g/mol. The van der Waals surface area contributed by atoms with Gasteiger partial charge in [0, 0.05) is 17.5 Å². The lowest BCUT2D eigenvalue weighted by molar-refractivity contribution is 0.0951. The summed E-state index contributed by atoms with van der Waals surface area (Å²) in [4.78, 5) is 16.6. The van der Waals surface area contributed by atoms with Crippen molar-refractivity contribution < 1.29 is 14.3 Å². The molecule has 0 saturated carbocycles. The Hall–Kier alpha value is -2.86. The molecule has 0 aliphatic carbocycles. The van der Waals surface area contributed by atoms with Crippen molar-refractivity contribution in [2.75, 3.05) is 7.11 Å². The number of benzene rings is 2. The minimum atomic E-state index is -0.130. The highest BCUT2D eigenvalue weighted by Crippen LogP contribution is 2.16. The fourth-order valence-corrected chi connectivity index (χ4v) is 3.00. The molecule has 1 aromatic heterocycles. The van der Waals surface area contributed by atoms with Crippen molar-refractivity contribution in [2.45, 2.75) is 20.1 Å². The van der Waals surface area contributed by atoms with Crippen LogP contribution in [0.15, 0.2) is 53.9 Å². The molecule has 1 heterocycles. The molecule has 3 rings (SSSR count). The number of nitrogens with zero attached hydrogens (tertiary/aromatic N) is 1. The summed E-state index contributed by atoms with van der Waals surface area (Å²) in [5, 5.41) is 5.90. The molecule has 5 nitrogen and oxygen atoms in total. The van der Waals surface area contributed by atoms with Gasteiger partial charge in [-0.05, 0) is 48.9 Å². The second-order valence-electron chi connectivity index (χ2n) is 5.71. The van der Waals surface area contributed by atoms with Gasteiger partial charge in [-0.2, -0.15) is 0 Å². The number of aryl methyl sites for hydroxylation is 1. The monoisotopic (exact) mass is 368 g/mol. The van der Waals surface area contributed by atoms with E-state index in [0.29, 0.717) is 24.5 Å². The van der Waals surface area contributed by atoms with E-state index in [0.717, 1.165) is 22.0 Å². The lowest BCUT2D eigenvalue weighted by Crippen LogP contribution is -2.22. The summed E-state index contributed by atoms with van der Waals surface area (Å²) in [7, 11) is 1.62. The predicted molar refractivity (Wildman–Crippen MR) is 102 cm³/mol. The van der Waals surface area contributed by atoms with Gasteiger partial charge in [-0.3, -0.25) is 4.79 Å². The zero-order valence-corrected chi connectivity index (χ0v) is 15.5. The van der Waals surface area contributed by atoms with Crippen LogP contribution in [0.5, 0.6) is 11.5 Å². The third kappa shape index (κ3) is 4.83. The molecule has 134 valence electrons. The normalized spacial score (nSPS) is 10.4. The fraction of sp³-hybridized carbons (Fsp3) is 0.200. The van der Waals surface area contributed by atoms with Gasteiger partial charge in [-0.15, -0.1) is 11.3 Å². The first-order valence-corrected chi connectivity index (χ1v) is 9.07. The Kier molecular flexibility index (Phi) is 5.86. The number of aromatic nitrogens is 1. The van der Waals surface area contributed by atoms with Crippen LogP contribution >= 0.6 is 11.3 Å². The van der Waals surface area contributed by atoms with Gasteiger partial charge >= 0.3 is 0 Å². The second-order valence-corrected chi connectivity index (χ2v) is 6.77. The third-order valence-corrected chi connectivity index (χ3v) is 4.58. The zero-order valence-electron chi connectivity index (χ0n) is 14.7. The smallest absolute Gasteiger partial charge is 0.251 e. The Labute approximate surface area is 156 Å². The lowest BCUT2D eigenvalue weighted by atomic mass is 10.2. The Morgan fingerprint density at radius 3 is 2.65 bits per heavy atom. The number of hydrogen-bond donors (Lipinski definition) is 1. The van der Waals surface area contributed by atoms with E-state index >= 15 is 0 Å². The lowest BCUT2D eigenvalue weighted by Gasteiger charge is -2.08. The summed E-state index contributed by atoms with van der Waals surface area (Å²) in [6, 6.07) is 14.7. The van der Waals surface area contributed by atoms with Crippen LogP contribution in [-0.2, 0) is 13.2 Å². The molecule has 1 N–H and O–H groups in total. The summed E-state index contributed by atoms with van der Waals surface area (Å²) in [6.07, 6.45) is 0. The van der Waals surface area contributed by atoms with E-state index in [9.17, 15) is 4.79 Å². The maximum absolute atomic E-state index is 12.3. The van der Waals surface area contributed by atoms with Crippen molar-refractivity contribution in [2.24, 2.45) is 0 Å². The van der Waals surface area contributed by atoms with E-state index in [4.69, 9.17) is 9.47 Å². The Morgan fingerprint density at radius 2 is 1.96 bits per heavy atom. The summed E-state index contributed by atoms with van der Waals surface area (Å²) in [6.45, 7) is 2.83. The largest absolute Gasteiger partial charge is 0.497 e. The van der Waals surface area contributed by atoms with Crippen LogP contribution in [0, 0.1) is 6.92 Å². The van der Waals surface area contributed by atoms with Crippen LogP contribution in [0.25, 0.3) is 0 Å². The number of hydrogen-bond acceptors (Lipinski definition) is 5. The maximum atomic E-state index is 12.3. The van der Waals surface area contributed by atoms with Gasteiger partial charge < -0.3 is 14.8 Å². The molecule has 0 unspecified atom stereocenters. The van der Waals surface area contributed by atoms with Crippen molar-refractivity contribution >= 4 is 17.2 Å². The molecule has 0 spiro atoms. The molecule has 0 atom stereocenters. The number of nitrogens with one attached hydrogen (secondary N) is 1. The van der Waals surface area contributed by atoms with Crippen LogP contribution in [0.4, 0.5) is 0 Å². The van der Waals surface area contributed by atoms with Crippen molar-refractivity contribution in [3.63, 3.8) is 0 Å². The van der Waals surface area contributed by atoms with Gasteiger partial charge in [0.1, 0.15) is 18.1 Å². The molecule has 3 aromatic rings. The molecule has 0 saturated heterocycles. The number of carbonyl (C=O) groups is 1. The highest BCUT2D eigenvalue weighted by molar-refractivity contribution is 7.09. The molecule has 0 bridgehead atoms. The van der Waals surface area contributed by atoms with E-state index in [1.807, 2.05) is 36.6 Å². The van der Waals surface area contributed by atoms with E-state index < -0.39 is 0 Å². The molecular weight excluding hydrogens is 348 g/mol. The Morgan fingerprint density at radius 1 is 1.15 bits per heavy atom. The maximum Gasteiger partial charge on any atom is 0.251 e. The van der Waals surface area contributed by atoms with Gasteiger partial charge in [0.15, 0.2) is 0 Å². The van der Waals surface area contributed by atoms with E-state index in [1.54, 1.807) is 42.7 Å². The van der Waals surface area contributed by atoms with E-state index in [1.165, 1.54) is 0 Å². The van der Waals surface area contributed by atoms with Gasteiger partial charge in [-0.1, -0.05) is 12.1 Å². The molecule has 0 fully saturated rings. The quantitative estimate of drug-likeness (QED) is 0.685. The van der Waals surface area contributed by atoms with Crippen LogP contribution < -0.4 is 14.8 Å². The first-order valence-electron chi connectivity index (χ1n) is 8.19. The second kappa shape index (κ2) is 8.49. The molecule has 0 aliphatic rings. The molecule has 1 amide bonds. The summed E-state index contributed by atoms with van der Waals surface area (Å²) >= 11 is 1.60. The van der Waals surface area contributed by atoms with Crippen LogP contribution in [0.3, 0.4) is 0 Å². The van der Waals surface area contributed by atoms with Crippen LogP contribution in [-0.4, -0.2) is 18.0 Å². The standard InChI is InChI=1S/C20H20N2O3S/c1-14-22-17(13-26-14)12-25-18-8-6-16(7-9-18)20(23)21-11-15-4-3-5-19(10-15)24-2/h3-10,13H,11-12H2,1-2H3,(H,21,23). The van der Waals surface area contributed by atoms with E-state index in [-0.39, 0.29) is 5.91 Å². The Bertz CT molecular complexity index is 875. The van der Waals surface area contributed by atoms with Crippen molar-refractivity contribution in [3.8, 4) is 11.5 Å². The molecular formula is C20H20N2O3S. The molecule has 0 radical (unpaired) electrons. The van der Waals surface area contributed by atoms with Gasteiger partial charge in [0.25, 0.3) is 5.91 Å². The number of carbonyl (C=O) groups excluding carboxylic acids is 1. The van der Waals surface area contributed by atoms with Gasteiger partial charge in [0.05, 0.1) is 17.8 Å². The van der Waals surface area contributed by atoms with Gasteiger partial charge in [0.2, 0.25) is 0 Å². The topological polar surface area (TPSA) is 60.5 Å². The zero-order chi connectivity index (χ0) is 18.4. The number of thiazole rings is 1.